The number of carbonyl (C=O) groups is 1. The van der Waals surface area contributed by atoms with E-state index in [-0.39, 0.29) is 11.4 Å². The van der Waals surface area contributed by atoms with Crippen LogP contribution >= 0.6 is 0 Å². The molecule has 3 aliphatic rings. The monoisotopic (exact) mass is 458 g/mol. The van der Waals surface area contributed by atoms with Crippen molar-refractivity contribution >= 4 is 22.4 Å². The first kappa shape index (κ1) is 22.7. The molecule has 2 saturated carbocycles. The molecule has 0 amide bonds. The third-order valence-electron chi connectivity index (χ3n) is 8.15. The molecule has 2 bridgehead atoms. The van der Waals surface area contributed by atoms with Crippen LogP contribution in [0.15, 0.2) is 30.5 Å². The van der Waals surface area contributed by atoms with Crippen molar-refractivity contribution < 1.29 is 18.0 Å². The van der Waals surface area contributed by atoms with Gasteiger partial charge in [0.25, 0.3) is 0 Å². The predicted molar refractivity (Wildman–Crippen MR) is 124 cm³/mol. The summed E-state index contributed by atoms with van der Waals surface area (Å²) in [6.07, 6.45) is 5.78. The van der Waals surface area contributed by atoms with Crippen LogP contribution in [-0.4, -0.2) is 23.9 Å². The fourth-order valence-corrected chi connectivity index (χ4v) is 7.03. The number of aromatic nitrogens is 1. The molecule has 1 aromatic carbocycles. The van der Waals surface area contributed by atoms with Crippen LogP contribution in [0.5, 0.6) is 0 Å². The number of pyridine rings is 1. The zero-order valence-electron chi connectivity index (χ0n) is 19.3. The van der Waals surface area contributed by atoms with E-state index in [0.29, 0.717) is 42.4 Å². The molecular weight excluding hydrogens is 425 g/mol. The SMILES string of the molecule is C[C@H]1C[C@@H](CC(=O)CC2CC3CCC(C3)C2)CN(c2ccc(C(F)(F)F)c3ncccc23)C1. The zero-order chi connectivity index (χ0) is 23.2. The number of piperidine rings is 1. The van der Waals surface area contributed by atoms with Crippen LogP contribution in [0.1, 0.15) is 63.9 Å². The highest BCUT2D eigenvalue weighted by Crippen LogP contribution is 2.46. The maximum atomic E-state index is 13.5. The lowest BCUT2D eigenvalue weighted by molar-refractivity contribution is -0.136. The van der Waals surface area contributed by atoms with Gasteiger partial charge in [-0.1, -0.05) is 19.8 Å². The van der Waals surface area contributed by atoms with Gasteiger partial charge in [-0.3, -0.25) is 9.78 Å². The Kier molecular flexibility index (Phi) is 6.13. The molecule has 178 valence electrons. The minimum atomic E-state index is -4.44. The van der Waals surface area contributed by atoms with Crippen molar-refractivity contribution in [1.29, 1.82) is 0 Å². The molecule has 0 N–H and O–H groups in total. The van der Waals surface area contributed by atoms with E-state index in [1.807, 2.05) is 0 Å². The number of hydrogen-bond acceptors (Lipinski definition) is 3. The van der Waals surface area contributed by atoms with E-state index in [0.717, 1.165) is 36.6 Å². The van der Waals surface area contributed by atoms with Gasteiger partial charge in [0.05, 0.1) is 11.1 Å². The topological polar surface area (TPSA) is 33.2 Å². The molecule has 2 aliphatic carbocycles. The summed E-state index contributed by atoms with van der Waals surface area (Å²) in [6.45, 7) is 3.67. The number of anilines is 1. The Morgan fingerprint density at radius 2 is 1.73 bits per heavy atom. The van der Waals surface area contributed by atoms with Crippen molar-refractivity contribution in [1.82, 2.24) is 4.98 Å². The maximum absolute atomic E-state index is 13.5. The highest BCUT2D eigenvalue weighted by atomic mass is 19.4. The van der Waals surface area contributed by atoms with E-state index in [4.69, 9.17) is 0 Å². The van der Waals surface area contributed by atoms with E-state index in [9.17, 15) is 18.0 Å². The van der Waals surface area contributed by atoms with Crippen LogP contribution in [0.4, 0.5) is 18.9 Å². The molecule has 1 aromatic heterocycles. The van der Waals surface area contributed by atoms with Gasteiger partial charge in [-0.15, -0.1) is 0 Å². The van der Waals surface area contributed by atoms with Gasteiger partial charge in [-0.25, -0.2) is 0 Å². The number of fused-ring (bicyclic) bond motifs is 3. The normalized spacial score (nSPS) is 30.1. The minimum Gasteiger partial charge on any atom is -0.370 e. The second-order valence-electron chi connectivity index (χ2n) is 11.0. The average molecular weight is 459 g/mol. The van der Waals surface area contributed by atoms with E-state index in [1.165, 1.54) is 38.3 Å². The number of Topliss-reactive ketones (excluding diaryl/α,β-unsaturated/α-hetero) is 1. The van der Waals surface area contributed by atoms with E-state index in [1.54, 1.807) is 18.2 Å². The van der Waals surface area contributed by atoms with Gasteiger partial charge < -0.3 is 4.90 Å². The Bertz CT molecular complexity index is 1010. The second-order valence-corrected chi connectivity index (χ2v) is 11.0. The molecule has 2 aromatic rings. The first-order chi connectivity index (χ1) is 15.8. The van der Waals surface area contributed by atoms with Crippen molar-refractivity contribution in [3.63, 3.8) is 0 Å². The van der Waals surface area contributed by atoms with Gasteiger partial charge in [0, 0.05) is 43.2 Å². The molecule has 4 atom stereocenters. The quantitative estimate of drug-likeness (QED) is 0.489. The first-order valence-corrected chi connectivity index (χ1v) is 12.5. The highest BCUT2D eigenvalue weighted by Gasteiger charge is 2.36. The fourth-order valence-electron chi connectivity index (χ4n) is 7.03. The Morgan fingerprint density at radius 3 is 2.45 bits per heavy atom. The summed E-state index contributed by atoms with van der Waals surface area (Å²) in [5.74, 6) is 3.25. The Balaban J connectivity index is 1.30. The summed E-state index contributed by atoms with van der Waals surface area (Å²) in [5.41, 5.74) is 0.0966. The van der Waals surface area contributed by atoms with E-state index >= 15 is 0 Å². The molecule has 5 rings (SSSR count). The summed E-state index contributed by atoms with van der Waals surface area (Å²) in [5, 5.41) is 0.532. The lowest BCUT2D eigenvalue weighted by Crippen LogP contribution is -2.40. The highest BCUT2D eigenvalue weighted by molar-refractivity contribution is 5.94. The fraction of sp³-hybridized carbons (Fsp3) is 0.630. The maximum Gasteiger partial charge on any atom is 0.418 e. The van der Waals surface area contributed by atoms with Crippen LogP contribution in [0.25, 0.3) is 10.9 Å². The van der Waals surface area contributed by atoms with Gasteiger partial charge in [-0.2, -0.15) is 13.2 Å². The Hall–Kier alpha value is -2.11. The number of hydrogen-bond donors (Lipinski definition) is 0. The molecule has 3 nitrogen and oxygen atoms in total. The van der Waals surface area contributed by atoms with Crippen LogP contribution in [0.3, 0.4) is 0 Å². The Labute approximate surface area is 193 Å². The predicted octanol–water partition coefficient (Wildman–Crippen LogP) is 6.89. The Morgan fingerprint density at radius 1 is 1.00 bits per heavy atom. The number of halogens is 3. The molecule has 2 heterocycles. The standard InChI is InChI=1S/C27H33F3N2O/c1-17-9-21(14-22(33)13-20-11-18-4-5-19(10-18)12-20)16-32(15-17)25-7-6-24(27(28,29)30)26-23(25)3-2-8-31-26/h2-3,6-8,17-21H,4-5,9-16H2,1H3/t17-,18?,19?,20?,21-/m0/s1. The molecule has 0 radical (unpaired) electrons. The van der Waals surface area contributed by atoms with Crippen molar-refractivity contribution in [2.24, 2.45) is 29.6 Å². The summed E-state index contributed by atoms with van der Waals surface area (Å²) in [7, 11) is 0. The number of benzene rings is 1. The molecule has 3 fully saturated rings. The van der Waals surface area contributed by atoms with Gasteiger partial charge in [0.1, 0.15) is 5.78 Å². The molecule has 0 spiro atoms. The van der Waals surface area contributed by atoms with E-state index < -0.39 is 11.7 Å². The number of ketones is 1. The summed E-state index contributed by atoms with van der Waals surface area (Å²) >= 11 is 0. The molecule has 2 unspecified atom stereocenters. The van der Waals surface area contributed by atoms with Crippen LogP contribution in [0.2, 0.25) is 0 Å². The van der Waals surface area contributed by atoms with Gasteiger partial charge in [-0.05, 0) is 79.5 Å². The summed E-state index contributed by atoms with van der Waals surface area (Å²) in [6, 6.07) is 6.16. The molecular formula is C27H33F3N2O. The largest absolute Gasteiger partial charge is 0.418 e. The van der Waals surface area contributed by atoms with E-state index in [2.05, 4.69) is 16.8 Å². The number of nitrogens with zero attached hydrogens (tertiary/aromatic N) is 2. The molecule has 33 heavy (non-hydrogen) atoms. The van der Waals surface area contributed by atoms with Crippen LogP contribution in [-0.2, 0) is 11.0 Å². The number of carbonyl (C=O) groups excluding carboxylic acids is 1. The van der Waals surface area contributed by atoms with Gasteiger partial charge >= 0.3 is 6.18 Å². The smallest absolute Gasteiger partial charge is 0.370 e. The first-order valence-electron chi connectivity index (χ1n) is 12.5. The number of rotatable bonds is 5. The van der Waals surface area contributed by atoms with Gasteiger partial charge in [0.15, 0.2) is 0 Å². The van der Waals surface area contributed by atoms with Crippen LogP contribution in [0, 0.1) is 29.6 Å². The van der Waals surface area contributed by atoms with Crippen LogP contribution < -0.4 is 4.90 Å². The third-order valence-corrected chi connectivity index (χ3v) is 8.15. The third kappa shape index (κ3) is 4.90. The van der Waals surface area contributed by atoms with Crippen molar-refractivity contribution in [2.75, 3.05) is 18.0 Å². The van der Waals surface area contributed by atoms with Crippen molar-refractivity contribution in [3.05, 3.63) is 36.0 Å². The molecule has 6 heteroatoms. The second kappa shape index (κ2) is 8.92. The zero-order valence-corrected chi connectivity index (χ0v) is 19.3. The molecule has 1 saturated heterocycles. The van der Waals surface area contributed by atoms with Crippen molar-refractivity contribution in [2.45, 2.75) is 64.5 Å². The lowest BCUT2D eigenvalue weighted by Gasteiger charge is -2.38. The van der Waals surface area contributed by atoms with Gasteiger partial charge in [0.2, 0.25) is 0 Å². The van der Waals surface area contributed by atoms with Crippen molar-refractivity contribution in [3.8, 4) is 0 Å². The number of alkyl halides is 3. The summed E-state index contributed by atoms with van der Waals surface area (Å²) in [4.78, 5) is 19.2. The lowest BCUT2D eigenvalue weighted by atomic mass is 9.77. The molecule has 1 aliphatic heterocycles. The average Bonchev–Trinajstić information content (AvgIpc) is 3.09. The summed E-state index contributed by atoms with van der Waals surface area (Å²) < 4.78 is 40.5. The minimum absolute atomic E-state index is 0.000261.